The van der Waals surface area contributed by atoms with Crippen LogP contribution in [-0.4, -0.2) is 23.5 Å². The number of nitrogens with zero attached hydrogens (tertiary/aromatic N) is 1. The number of hydrazone groups is 1. The molecule has 0 unspecified atom stereocenters. The van der Waals surface area contributed by atoms with E-state index in [4.69, 9.17) is 21.1 Å². The molecule has 1 heterocycles. The largest absolute Gasteiger partial charge is 0.507 e. The molecule has 0 spiro atoms. The summed E-state index contributed by atoms with van der Waals surface area (Å²) in [5.74, 6) is 0.596. The third-order valence-electron chi connectivity index (χ3n) is 3.32. The minimum Gasteiger partial charge on any atom is -0.507 e. The molecule has 0 aliphatic carbocycles. The summed E-state index contributed by atoms with van der Waals surface area (Å²) in [6.07, 6.45) is 0. The van der Waals surface area contributed by atoms with Crippen molar-refractivity contribution >= 4 is 23.2 Å². The predicted octanol–water partition coefficient (Wildman–Crippen LogP) is 2.93. The lowest BCUT2D eigenvalue weighted by Gasteiger charge is -2.06. The van der Waals surface area contributed by atoms with Crippen molar-refractivity contribution < 1.29 is 19.4 Å². The Hall–Kier alpha value is -2.73. The molecular weight excluding hydrogens is 320 g/mol. The van der Waals surface area contributed by atoms with E-state index in [0.29, 0.717) is 22.2 Å². The van der Waals surface area contributed by atoms with Gasteiger partial charge in [0, 0.05) is 10.6 Å². The second-order valence-corrected chi connectivity index (χ2v) is 5.30. The van der Waals surface area contributed by atoms with Gasteiger partial charge in [0.1, 0.15) is 5.75 Å². The van der Waals surface area contributed by atoms with Gasteiger partial charge in [-0.3, -0.25) is 4.79 Å². The summed E-state index contributed by atoms with van der Waals surface area (Å²) < 4.78 is 10.5. The summed E-state index contributed by atoms with van der Waals surface area (Å²) in [6.45, 7) is 1.94. The number of nitrogens with one attached hydrogen (secondary N) is 1. The van der Waals surface area contributed by atoms with E-state index >= 15 is 0 Å². The number of hydrogen-bond acceptors (Lipinski definition) is 5. The number of halogens is 1. The Morgan fingerprint density at radius 3 is 2.83 bits per heavy atom. The second-order valence-electron chi connectivity index (χ2n) is 4.87. The van der Waals surface area contributed by atoms with E-state index in [-0.39, 0.29) is 18.1 Å². The Bertz CT molecular complexity index is 805. The van der Waals surface area contributed by atoms with Crippen molar-refractivity contribution in [1.29, 1.82) is 0 Å². The summed E-state index contributed by atoms with van der Waals surface area (Å²) in [5, 5.41) is 14.1. The third-order valence-corrected chi connectivity index (χ3v) is 3.55. The van der Waals surface area contributed by atoms with Crippen LogP contribution in [0.5, 0.6) is 17.2 Å². The maximum absolute atomic E-state index is 12.1. The summed E-state index contributed by atoms with van der Waals surface area (Å²) in [4.78, 5) is 12.1. The minimum absolute atomic E-state index is 0.0553. The first-order valence-electron chi connectivity index (χ1n) is 6.78. The monoisotopic (exact) mass is 332 g/mol. The number of hydrogen-bond donors (Lipinski definition) is 2. The molecular formula is C16H13ClN2O4. The van der Waals surface area contributed by atoms with Gasteiger partial charge in [-0.1, -0.05) is 11.6 Å². The smallest absolute Gasteiger partial charge is 0.275 e. The van der Waals surface area contributed by atoms with Crippen molar-refractivity contribution in [3.63, 3.8) is 0 Å². The topological polar surface area (TPSA) is 80.2 Å². The second kappa shape index (κ2) is 6.18. The zero-order chi connectivity index (χ0) is 16.4. The Morgan fingerprint density at radius 2 is 2.00 bits per heavy atom. The molecule has 7 heteroatoms. The number of rotatable bonds is 3. The van der Waals surface area contributed by atoms with Crippen LogP contribution in [-0.2, 0) is 0 Å². The molecule has 23 heavy (non-hydrogen) atoms. The van der Waals surface area contributed by atoms with Gasteiger partial charge in [-0.15, -0.1) is 0 Å². The lowest BCUT2D eigenvalue weighted by atomic mass is 10.1. The van der Waals surface area contributed by atoms with Crippen LogP contribution in [0.3, 0.4) is 0 Å². The summed E-state index contributed by atoms with van der Waals surface area (Å²) in [6, 6.07) is 9.60. The van der Waals surface area contributed by atoms with Crippen molar-refractivity contribution in [3.8, 4) is 17.2 Å². The molecule has 2 aromatic carbocycles. The van der Waals surface area contributed by atoms with Gasteiger partial charge >= 0.3 is 0 Å². The van der Waals surface area contributed by atoms with E-state index in [1.54, 1.807) is 19.1 Å². The van der Waals surface area contributed by atoms with Gasteiger partial charge in [0.2, 0.25) is 6.79 Å². The molecule has 1 amide bonds. The number of benzene rings is 2. The fourth-order valence-electron chi connectivity index (χ4n) is 2.07. The van der Waals surface area contributed by atoms with Gasteiger partial charge in [-0.2, -0.15) is 5.10 Å². The highest BCUT2D eigenvalue weighted by atomic mass is 35.5. The van der Waals surface area contributed by atoms with Gasteiger partial charge in [0.15, 0.2) is 11.5 Å². The van der Waals surface area contributed by atoms with Crippen LogP contribution < -0.4 is 14.9 Å². The number of phenols is 1. The van der Waals surface area contributed by atoms with E-state index in [2.05, 4.69) is 10.5 Å². The number of phenolic OH excluding ortho intramolecular Hbond substituents is 1. The van der Waals surface area contributed by atoms with Crippen LogP contribution in [0.4, 0.5) is 0 Å². The molecule has 0 radical (unpaired) electrons. The van der Waals surface area contributed by atoms with Crippen molar-refractivity contribution in [2.75, 3.05) is 6.79 Å². The predicted molar refractivity (Wildman–Crippen MR) is 85.4 cm³/mol. The van der Waals surface area contributed by atoms with Crippen molar-refractivity contribution in [2.45, 2.75) is 6.92 Å². The number of aromatic hydroxyl groups is 1. The average Bonchev–Trinajstić information content (AvgIpc) is 3.02. The quantitative estimate of drug-likeness (QED) is 0.669. The number of carbonyl (C=O) groups excluding carboxylic acids is 1. The molecule has 1 aliphatic heterocycles. The summed E-state index contributed by atoms with van der Waals surface area (Å²) >= 11 is 5.82. The molecule has 0 saturated heterocycles. The highest BCUT2D eigenvalue weighted by Gasteiger charge is 2.15. The van der Waals surface area contributed by atoms with E-state index < -0.39 is 5.91 Å². The van der Waals surface area contributed by atoms with Crippen molar-refractivity contribution in [2.24, 2.45) is 5.10 Å². The zero-order valence-electron chi connectivity index (χ0n) is 12.2. The number of fused-ring (bicyclic) bond motifs is 1. The molecule has 0 bridgehead atoms. The molecule has 2 aromatic rings. The lowest BCUT2D eigenvalue weighted by molar-refractivity contribution is 0.0952. The maximum atomic E-state index is 12.1. The lowest BCUT2D eigenvalue weighted by Crippen LogP contribution is -2.19. The Morgan fingerprint density at radius 1 is 1.22 bits per heavy atom. The molecule has 0 aromatic heterocycles. The van der Waals surface area contributed by atoms with E-state index in [9.17, 15) is 9.90 Å². The van der Waals surface area contributed by atoms with E-state index in [0.717, 1.165) is 5.56 Å². The Balaban J connectivity index is 1.76. The standard InChI is InChI=1S/C16H13ClN2O4/c1-9(10-2-5-14-15(6-10)23-8-22-14)18-19-16(21)12-7-11(17)3-4-13(12)20/h2-7,20H,8H2,1H3,(H,19,21)/b18-9+. The first-order chi connectivity index (χ1) is 11.0. The molecule has 1 aliphatic rings. The van der Waals surface area contributed by atoms with Crippen molar-refractivity contribution in [3.05, 3.63) is 52.5 Å². The van der Waals surface area contributed by atoms with Crippen LogP contribution in [0, 0.1) is 0 Å². The molecule has 0 fully saturated rings. The van der Waals surface area contributed by atoms with Gasteiger partial charge in [-0.05, 0) is 43.3 Å². The van der Waals surface area contributed by atoms with Gasteiger partial charge in [0.05, 0.1) is 11.3 Å². The number of amides is 1. The molecule has 6 nitrogen and oxygen atoms in total. The normalized spacial score (nSPS) is 13.0. The molecule has 2 N–H and O–H groups in total. The third kappa shape index (κ3) is 3.22. The average molecular weight is 333 g/mol. The number of ether oxygens (including phenoxy) is 2. The molecule has 118 valence electrons. The highest BCUT2D eigenvalue weighted by Crippen LogP contribution is 2.32. The molecule has 3 rings (SSSR count). The maximum Gasteiger partial charge on any atom is 0.275 e. The minimum atomic E-state index is -0.551. The SMILES string of the molecule is C/C(=N\NC(=O)c1cc(Cl)ccc1O)c1ccc2c(c1)OCO2. The van der Waals surface area contributed by atoms with Crippen LogP contribution in [0.15, 0.2) is 41.5 Å². The molecule has 0 atom stereocenters. The first-order valence-corrected chi connectivity index (χ1v) is 7.15. The van der Waals surface area contributed by atoms with Crippen LogP contribution in [0.25, 0.3) is 0 Å². The van der Waals surface area contributed by atoms with Crippen LogP contribution in [0.1, 0.15) is 22.8 Å². The Labute approximate surface area is 137 Å². The van der Waals surface area contributed by atoms with E-state index in [1.165, 1.54) is 18.2 Å². The fraction of sp³-hybridized carbons (Fsp3) is 0.125. The summed E-state index contributed by atoms with van der Waals surface area (Å²) in [7, 11) is 0. The van der Waals surface area contributed by atoms with Gasteiger partial charge in [0.25, 0.3) is 5.91 Å². The van der Waals surface area contributed by atoms with Gasteiger partial charge < -0.3 is 14.6 Å². The van der Waals surface area contributed by atoms with E-state index in [1.807, 2.05) is 6.07 Å². The first kappa shape index (κ1) is 15.2. The number of carbonyl (C=O) groups is 1. The fourth-order valence-corrected chi connectivity index (χ4v) is 2.24. The zero-order valence-corrected chi connectivity index (χ0v) is 12.9. The van der Waals surface area contributed by atoms with Crippen LogP contribution in [0.2, 0.25) is 5.02 Å². The van der Waals surface area contributed by atoms with Gasteiger partial charge in [-0.25, -0.2) is 5.43 Å². The summed E-state index contributed by atoms with van der Waals surface area (Å²) in [5.41, 5.74) is 3.81. The highest BCUT2D eigenvalue weighted by molar-refractivity contribution is 6.31. The Kier molecular flexibility index (Phi) is 4.08. The van der Waals surface area contributed by atoms with Crippen LogP contribution >= 0.6 is 11.6 Å². The van der Waals surface area contributed by atoms with Crippen molar-refractivity contribution in [1.82, 2.24) is 5.43 Å². The molecule has 0 saturated carbocycles.